The van der Waals surface area contributed by atoms with Crippen molar-refractivity contribution in [1.29, 1.82) is 0 Å². The number of amides is 2. The molecule has 4 aromatic rings. The lowest BCUT2D eigenvalue weighted by molar-refractivity contribution is 0.133. The number of para-hydroxylation sites is 4. The molecule has 0 atom stereocenters. The summed E-state index contributed by atoms with van der Waals surface area (Å²) in [5, 5.41) is 3.06. The predicted molar refractivity (Wildman–Crippen MR) is 138 cm³/mol. The summed E-state index contributed by atoms with van der Waals surface area (Å²) in [6.45, 7) is 4.36. The van der Waals surface area contributed by atoms with E-state index in [4.69, 9.17) is 9.72 Å². The molecule has 0 saturated carbocycles. The van der Waals surface area contributed by atoms with E-state index in [1.54, 1.807) is 7.11 Å². The maximum Gasteiger partial charge on any atom is 0.317 e. The Morgan fingerprint density at radius 2 is 1.63 bits per heavy atom. The van der Waals surface area contributed by atoms with E-state index in [1.807, 2.05) is 41.3 Å². The molecule has 1 aliphatic rings. The molecule has 0 bridgehead atoms. The summed E-state index contributed by atoms with van der Waals surface area (Å²) in [5.74, 6) is 1.88. The Kier molecular flexibility index (Phi) is 6.95. The molecular formula is C28H31N5O2. The van der Waals surface area contributed by atoms with Gasteiger partial charge in [0.2, 0.25) is 0 Å². The molecule has 0 spiro atoms. The van der Waals surface area contributed by atoms with E-state index in [-0.39, 0.29) is 6.03 Å². The van der Waals surface area contributed by atoms with Gasteiger partial charge in [-0.1, -0.05) is 48.5 Å². The lowest BCUT2D eigenvalue weighted by Gasteiger charge is -2.34. The Balaban J connectivity index is 1.18. The van der Waals surface area contributed by atoms with Crippen molar-refractivity contribution in [3.63, 3.8) is 0 Å². The van der Waals surface area contributed by atoms with E-state index < -0.39 is 0 Å². The van der Waals surface area contributed by atoms with Crippen LogP contribution in [0.2, 0.25) is 0 Å². The van der Waals surface area contributed by atoms with Crippen molar-refractivity contribution in [1.82, 2.24) is 24.7 Å². The zero-order valence-electron chi connectivity index (χ0n) is 20.1. The number of methoxy groups -OCH3 is 1. The normalized spacial score (nSPS) is 14.3. The molecule has 1 aliphatic heterocycles. The van der Waals surface area contributed by atoms with E-state index in [1.165, 1.54) is 0 Å². The predicted octanol–water partition coefficient (Wildman–Crippen LogP) is 4.10. The molecule has 2 heterocycles. The van der Waals surface area contributed by atoms with Crippen LogP contribution in [-0.2, 0) is 13.0 Å². The average Bonchev–Trinajstić information content (AvgIpc) is 3.27. The number of fused-ring (bicyclic) bond motifs is 1. The lowest BCUT2D eigenvalue weighted by Crippen LogP contribution is -2.51. The van der Waals surface area contributed by atoms with Crippen LogP contribution in [0.1, 0.15) is 11.4 Å². The maximum absolute atomic E-state index is 12.7. The van der Waals surface area contributed by atoms with Crippen molar-refractivity contribution in [2.45, 2.75) is 13.0 Å². The first-order valence-electron chi connectivity index (χ1n) is 12.1. The smallest absolute Gasteiger partial charge is 0.317 e. The Hall–Kier alpha value is -3.84. The quantitative estimate of drug-likeness (QED) is 0.443. The summed E-state index contributed by atoms with van der Waals surface area (Å²) >= 11 is 0. The van der Waals surface area contributed by atoms with Crippen LogP contribution < -0.4 is 10.1 Å². The monoisotopic (exact) mass is 469 g/mol. The maximum atomic E-state index is 12.7. The van der Waals surface area contributed by atoms with E-state index in [9.17, 15) is 4.79 Å². The number of benzene rings is 3. The highest BCUT2D eigenvalue weighted by atomic mass is 16.5. The van der Waals surface area contributed by atoms with Crippen molar-refractivity contribution in [2.75, 3.05) is 39.8 Å². The van der Waals surface area contributed by atoms with Crippen LogP contribution >= 0.6 is 0 Å². The SMILES string of the molecule is COc1ccccc1CCNC(=O)N1CCN(Cc2nc3ccccc3n2-c2ccccc2)CC1. The van der Waals surface area contributed by atoms with Gasteiger partial charge in [-0.05, 0) is 42.3 Å². The highest BCUT2D eigenvalue weighted by Crippen LogP contribution is 2.23. The second-order valence-electron chi connectivity index (χ2n) is 8.74. The standard InChI is InChI=1S/C28H31N5O2/c1-35-26-14-8-5-9-22(26)15-16-29-28(34)32-19-17-31(18-20-32)21-27-30-24-12-6-7-13-25(24)33(27)23-10-3-2-4-11-23/h2-14H,15-21H2,1H3,(H,29,34). The van der Waals surface area contributed by atoms with Gasteiger partial charge in [0.1, 0.15) is 11.6 Å². The number of ether oxygens (including phenoxy) is 1. The number of carbonyl (C=O) groups excluding carboxylic acids is 1. The molecule has 3 aromatic carbocycles. The van der Waals surface area contributed by atoms with Crippen molar-refractivity contribution < 1.29 is 9.53 Å². The molecule has 1 fully saturated rings. The van der Waals surface area contributed by atoms with Gasteiger partial charge < -0.3 is 15.0 Å². The van der Waals surface area contributed by atoms with Crippen molar-refractivity contribution in [2.24, 2.45) is 0 Å². The molecule has 7 nitrogen and oxygen atoms in total. The van der Waals surface area contributed by atoms with Gasteiger partial charge in [0.25, 0.3) is 0 Å². The van der Waals surface area contributed by atoms with E-state index >= 15 is 0 Å². The first-order valence-corrected chi connectivity index (χ1v) is 12.1. The summed E-state index contributed by atoms with van der Waals surface area (Å²) in [4.78, 5) is 21.9. The number of hydrogen-bond donors (Lipinski definition) is 1. The third kappa shape index (κ3) is 5.15. The average molecular weight is 470 g/mol. The Morgan fingerprint density at radius 3 is 2.43 bits per heavy atom. The number of piperazine rings is 1. The molecule has 5 rings (SSSR count). The minimum atomic E-state index is -0.00364. The molecule has 0 aliphatic carbocycles. The third-order valence-corrected chi connectivity index (χ3v) is 6.53. The summed E-state index contributed by atoms with van der Waals surface area (Å²) in [5.41, 5.74) is 4.33. The fraction of sp³-hybridized carbons (Fsp3) is 0.286. The lowest BCUT2D eigenvalue weighted by atomic mass is 10.1. The number of rotatable bonds is 7. The first-order chi connectivity index (χ1) is 17.2. The van der Waals surface area contributed by atoms with Gasteiger partial charge in [-0.15, -0.1) is 0 Å². The molecule has 35 heavy (non-hydrogen) atoms. The zero-order chi connectivity index (χ0) is 24.0. The van der Waals surface area contributed by atoms with Gasteiger partial charge in [0.15, 0.2) is 0 Å². The van der Waals surface area contributed by atoms with E-state index in [0.29, 0.717) is 19.6 Å². The van der Waals surface area contributed by atoms with Crippen molar-refractivity contribution in [3.05, 3.63) is 90.3 Å². The number of carbonyl (C=O) groups is 1. The fourth-order valence-electron chi connectivity index (χ4n) is 4.68. The molecule has 7 heteroatoms. The van der Waals surface area contributed by atoms with Gasteiger partial charge in [-0.3, -0.25) is 9.47 Å². The second kappa shape index (κ2) is 10.6. The zero-order valence-corrected chi connectivity index (χ0v) is 20.1. The second-order valence-corrected chi connectivity index (χ2v) is 8.74. The van der Waals surface area contributed by atoms with Crippen molar-refractivity contribution in [3.8, 4) is 11.4 Å². The van der Waals surface area contributed by atoms with Gasteiger partial charge in [0, 0.05) is 38.4 Å². The molecule has 1 N–H and O–H groups in total. The molecule has 0 radical (unpaired) electrons. The number of imidazole rings is 1. The molecule has 1 aromatic heterocycles. The molecular weight excluding hydrogens is 438 g/mol. The van der Waals surface area contributed by atoms with Gasteiger partial charge in [-0.2, -0.15) is 0 Å². The minimum Gasteiger partial charge on any atom is -0.496 e. The van der Waals surface area contributed by atoms with Gasteiger partial charge >= 0.3 is 6.03 Å². The topological polar surface area (TPSA) is 62.6 Å². The minimum absolute atomic E-state index is 0.00364. The number of nitrogens with one attached hydrogen (secondary N) is 1. The fourth-order valence-corrected chi connectivity index (χ4v) is 4.68. The van der Waals surface area contributed by atoms with Crippen LogP contribution in [0.3, 0.4) is 0 Å². The number of nitrogens with zero attached hydrogens (tertiary/aromatic N) is 4. The van der Waals surface area contributed by atoms with Gasteiger partial charge in [-0.25, -0.2) is 9.78 Å². The Labute approximate surface area is 205 Å². The van der Waals surface area contributed by atoms with Crippen LogP contribution in [0.25, 0.3) is 16.7 Å². The van der Waals surface area contributed by atoms with Crippen LogP contribution in [-0.4, -0.2) is 65.2 Å². The number of hydrogen-bond acceptors (Lipinski definition) is 4. The summed E-state index contributed by atoms with van der Waals surface area (Å²) in [6, 6.07) is 26.6. The van der Waals surface area contributed by atoms with Crippen LogP contribution in [0.15, 0.2) is 78.9 Å². The number of urea groups is 1. The molecule has 0 unspecified atom stereocenters. The third-order valence-electron chi connectivity index (χ3n) is 6.53. The Morgan fingerprint density at radius 1 is 0.914 bits per heavy atom. The highest BCUT2D eigenvalue weighted by Gasteiger charge is 2.23. The van der Waals surface area contributed by atoms with E-state index in [2.05, 4.69) is 57.2 Å². The first kappa shape index (κ1) is 22.9. The van der Waals surface area contributed by atoms with Crippen LogP contribution in [0, 0.1) is 0 Å². The highest BCUT2D eigenvalue weighted by molar-refractivity contribution is 5.78. The van der Waals surface area contributed by atoms with Crippen LogP contribution in [0.4, 0.5) is 4.79 Å². The molecule has 1 saturated heterocycles. The largest absolute Gasteiger partial charge is 0.496 e. The summed E-state index contributed by atoms with van der Waals surface area (Å²) in [6.07, 6.45) is 0.741. The van der Waals surface area contributed by atoms with Crippen LogP contribution in [0.5, 0.6) is 5.75 Å². The Bertz CT molecular complexity index is 1280. The van der Waals surface area contributed by atoms with E-state index in [0.717, 1.165) is 59.9 Å². The molecule has 2 amide bonds. The number of aromatic nitrogens is 2. The molecule has 180 valence electrons. The summed E-state index contributed by atoms with van der Waals surface area (Å²) < 4.78 is 7.64. The summed E-state index contributed by atoms with van der Waals surface area (Å²) in [7, 11) is 1.67. The van der Waals surface area contributed by atoms with Crippen molar-refractivity contribution >= 4 is 17.1 Å². The van der Waals surface area contributed by atoms with Gasteiger partial charge in [0.05, 0.1) is 24.7 Å².